The molecule has 1 saturated heterocycles. The molecule has 0 saturated carbocycles. The van der Waals surface area contributed by atoms with Crippen molar-refractivity contribution >= 4 is 11.4 Å². The van der Waals surface area contributed by atoms with Crippen LogP contribution in [0.15, 0.2) is 30.3 Å². The minimum atomic E-state index is 0.378. The fourth-order valence-corrected chi connectivity index (χ4v) is 5.44. The van der Waals surface area contributed by atoms with E-state index in [0.29, 0.717) is 24.6 Å². The highest BCUT2D eigenvalue weighted by molar-refractivity contribution is 5.72. The molecule has 0 radical (unpaired) electrons. The third-order valence-corrected chi connectivity index (χ3v) is 6.62. The highest BCUT2D eigenvalue weighted by Gasteiger charge is 2.45. The lowest BCUT2D eigenvalue weighted by Crippen LogP contribution is -2.50. The first-order chi connectivity index (χ1) is 13.1. The molecule has 3 aliphatic heterocycles. The fraction of sp³-hybridized carbons (Fsp3) is 0.478. The zero-order valence-electron chi connectivity index (χ0n) is 16.3. The van der Waals surface area contributed by atoms with Crippen LogP contribution in [-0.2, 0) is 17.8 Å². The first kappa shape index (κ1) is 17.1. The molecule has 27 heavy (non-hydrogen) atoms. The number of nitrogens with two attached hydrogens (primary N) is 1. The number of hydrogen-bond donors (Lipinski definition) is 2. The van der Waals surface area contributed by atoms with Gasteiger partial charge in [-0.3, -0.25) is 0 Å². The van der Waals surface area contributed by atoms with Gasteiger partial charge >= 0.3 is 0 Å². The molecule has 0 amide bonds. The molecular weight excluding hydrogens is 334 g/mol. The Kier molecular flexibility index (Phi) is 4.14. The smallest absolute Gasteiger partial charge is 0.0738 e. The summed E-state index contributed by atoms with van der Waals surface area (Å²) in [6, 6.07) is 12.1. The number of anilines is 2. The quantitative estimate of drug-likeness (QED) is 0.804. The van der Waals surface area contributed by atoms with E-state index in [-0.39, 0.29) is 0 Å². The largest absolute Gasteiger partial charge is 0.399 e. The molecule has 2 aromatic rings. The Labute approximate surface area is 161 Å². The molecule has 3 N–H and O–H groups in total. The molecule has 0 aliphatic carbocycles. The van der Waals surface area contributed by atoms with Crippen LogP contribution in [0.3, 0.4) is 0 Å². The maximum absolute atomic E-state index is 6.25. The summed E-state index contributed by atoms with van der Waals surface area (Å²) in [7, 11) is 0. The average molecular weight is 364 g/mol. The van der Waals surface area contributed by atoms with Gasteiger partial charge in [-0.25, -0.2) is 0 Å². The Hall–Kier alpha value is -2.04. The maximum Gasteiger partial charge on any atom is 0.0738 e. The molecule has 1 fully saturated rings. The van der Waals surface area contributed by atoms with E-state index in [0.717, 1.165) is 31.8 Å². The predicted octanol–water partition coefficient (Wildman–Crippen LogP) is 3.29. The number of nitrogens with one attached hydrogen (secondary N) is 1. The van der Waals surface area contributed by atoms with E-state index in [1.54, 1.807) is 0 Å². The summed E-state index contributed by atoms with van der Waals surface area (Å²) in [5, 5.41) is 3.60. The van der Waals surface area contributed by atoms with Gasteiger partial charge in [0.2, 0.25) is 0 Å². The van der Waals surface area contributed by atoms with Gasteiger partial charge in [-0.2, -0.15) is 0 Å². The second-order valence-electron chi connectivity index (χ2n) is 8.49. The van der Waals surface area contributed by atoms with Crippen molar-refractivity contribution < 1.29 is 4.74 Å². The fourth-order valence-electron chi connectivity index (χ4n) is 5.44. The summed E-state index contributed by atoms with van der Waals surface area (Å²) in [5.41, 5.74) is 15.4. The molecule has 3 aliphatic rings. The predicted molar refractivity (Wildman–Crippen MR) is 110 cm³/mol. The summed E-state index contributed by atoms with van der Waals surface area (Å²) >= 11 is 0. The van der Waals surface area contributed by atoms with Gasteiger partial charge < -0.3 is 20.7 Å². The lowest BCUT2D eigenvalue weighted by Gasteiger charge is -2.39. The van der Waals surface area contributed by atoms with Gasteiger partial charge in [0.1, 0.15) is 0 Å². The van der Waals surface area contributed by atoms with Crippen LogP contribution in [0.4, 0.5) is 11.4 Å². The molecule has 3 atom stereocenters. The average Bonchev–Trinajstić information content (AvgIpc) is 2.86. The number of fused-ring (bicyclic) bond motifs is 3. The van der Waals surface area contributed by atoms with Gasteiger partial charge in [0, 0.05) is 35.4 Å². The van der Waals surface area contributed by atoms with Crippen molar-refractivity contribution in [3.8, 4) is 0 Å². The van der Waals surface area contributed by atoms with Crippen molar-refractivity contribution in [2.24, 2.45) is 0 Å². The summed E-state index contributed by atoms with van der Waals surface area (Å²) in [6.07, 6.45) is 2.22. The SMILES string of the molecule is Cc1ccc(CC2COCc3cc(N)cc4c3N2C2CCNCC42)c(C)c1. The molecule has 0 spiro atoms. The Morgan fingerprint density at radius 1 is 1.22 bits per heavy atom. The van der Waals surface area contributed by atoms with Crippen molar-refractivity contribution in [2.45, 2.75) is 51.3 Å². The number of aryl methyl sites for hydroxylation is 2. The number of nitrogens with zero attached hydrogens (tertiary/aromatic N) is 1. The standard InChI is InChI=1S/C23H29N3O/c1-14-3-4-16(15(2)7-14)9-19-13-27-12-17-8-18(24)10-20-21-11-25-6-5-22(21)26(19)23(17)20/h3-4,7-8,10,19,21-22,25H,5-6,9,11-13,24H2,1-2H3. The number of ether oxygens (including phenoxy) is 1. The second-order valence-corrected chi connectivity index (χ2v) is 8.49. The van der Waals surface area contributed by atoms with E-state index < -0.39 is 0 Å². The van der Waals surface area contributed by atoms with Crippen LogP contribution in [0.5, 0.6) is 0 Å². The van der Waals surface area contributed by atoms with Crippen LogP contribution in [0.1, 0.15) is 40.2 Å². The summed E-state index contributed by atoms with van der Waals surface area (Å²) in [6.45, 7) is 7.98. The number of hydrogen-bond acceptors (Lipinski definition) is 4. The van der Waals surface area contributed by atoms with Crippen LogP contribution in [0.25, 0.3) is 0 Å². The topological polar surface area (TPSA) is 50.5 Å². The minimum Gasteiger partial charge on any atom is -0.399 e. The van der Waals surface area contributed by atoms with Crippen molar-refractivity contribution in [2.75, 3.05) is 30.3 Å². The van der Waals surface area contributed by atoms with Crippen molar-refractivity contribution in [3.05, 3.63) is 58.1 Å². The number of benzene rings is 2. The summed E-state index contributed by atoms with van der Waals surface area (Å²) in [4.78, 5) is 2.71. The van der Waals surface area contributed by atoms with E-state index in [1.165, 1.54) is 39.9 Å². The van der Waals surface area contributed by atoms with E-state index in [4.69, 9.17) is 10.5 Å². The van der Waals surface area contributed by atoms with Crippen LogP contribution in [-0.4, -0.2) is 31.8 Å². The van der Waals surface area contributed by atoms with E-state index in [9.17, 15) is 0 Å². The maximum atomic E-state index is 6.25. The van der Waals surface area contributed by atoms with Gasteiger partial charge in [-0.1, -0.05) is 23.8 Å². The van der Waals surface area contributed by atoms with Gasteiger partial charge in [0.05, 0.1) is 19.3 Å². The Morgan fingerprint density at radius 2 is 2.11 bits per heavy atom. The molecule has 3 unspecified atom stereocenters. The third kappa shape index (κ3) is 2.82. The number of nitrogen functional groups attached to an aromatic ring is 1. The molecule has 5 rings (SSSR count). The Morgan fingerprint density at radius 3 is 2.96 bits per heavy atom. The first-order valence-electron chi connectivity index (χ1n) is 10.2. The number of piperidine rings is 1. The monoisotopic (exact) mass is 363 g/mol. The Balaban J connectivity index is 1.57. The summed E-state index contributed by atoms with van der Waals surface area (Å²) in [5.74, 6) is 0.538. The highest BCUT2D eigenvalue weighted by Crippen LogP contribution is 2.48. The van der Waals surface area contributed by atoms with Crippen molar-refractivity contribution in [3.63, 3.8) is 0 Å². The first-order valence-corrected chi connectivity index (χ1v) is 10.2. The second kappa shape index (κ2) is 6.54. The highest BCUT2D eigenvalue weighted by atomic mass is 16.5. The molecule has 3 heterocycles. The molecule has 2 aromatic carbocycles. The van der Waals surface area contributed by atoms with E-state index in [1.807, 2.05) is 0 Å². The molecular formula is C23H29N3O. The van der Waals surface area contributed by atoms with Crippen LogP contribution < -0.4 is 16.0 Å². The summed E-state index contributed by atoms with van der Waals surface area (Å²) < 4.78 is 6.15. The van der Waals surface area contributed by atoms with Gasteiger partial charge in [-0.05, 0) is 62.1 Å². The molecule has 4 nitrogen and oxygen atoms in total. The molecule has 4 heteroatoms. The number of rotatable bonds is 2. The van der Waals surface area contributed by atoms with Gasteiger partial charge in [0.25, 0.3) is 0 Å². The van der Waals surface area contributed by atoms with Gasteiger partial charge in [0.15, 0.2) is 0 Å². The molecule has 142 valence electrons. The van der Waals surface area contributed by atoms with E-state index >= 15 is 0 Å². The third-order valence-electron chi connectivity index (χ3n) is 6.62. The van der Waals surface area contributed by atoms with Crippen molar-refractivity contribution in [1.29, 1.82) is 0 Å². The lowest BCUT2D eigenvalue weighted by molar-refractivity contribution is 0.109. The Bertz CT molecular complexity index is 878. The molecule has 0 aromatic heterocycles. The minimum absolute atomic E-state index is 0.378. The zero-order chi connectivity index (χ0) is 18.5. The normalized spacial score (nSPS) is 26.4. The van der Waals surface area contributed by atoms with Crippen molar-refractivity contribution in [1.82, 2.24) is 5.32 Å². The van der Waals surface area contributed by atoms with E-state index in [2.05, 4.69) is 54.4 Å². The molecule has 0 bridgehead atoms. The van der Waals surface area contributed by atoms with Crippen LogP contribution in [0, 0.1) is 13.8 Å². The van der Waals surface area contributed by atoms with Gasteiger partial charge in [-0.15, -0.1) is 0 Å². The lowest BCUT2D eigenvalue weighted by atomic mass is 9.89. The van der Waals surface area contributed by atoms with Crippen LogP contribution >= 0.6 is 0 Å². The zero-order valence-corrected chi connectivity index (χ0v) is 16.3. The van der Waals surface area contributed by atoms with Crippen LogP contribution in [0.2, 0.25) is 0 Å².